The number of nitrogens with zero attached hydrogens (tertiary/aromatic N) is 2. The summed E-state index contributed by atoms with van der Waals surface area (Å²) in [5.74, 6) is 0.585. The quantitative estimate of drug-likeness (QED) is 0.728. The van der Waals surface area contributed by atoms with E-state index in [1.165, 1.54) is 0 Å². The van der Waals surface area contributed by atoms with E-state index in [0.29, 0.717) is 24.8 Å². The zero-order valence-corrected chi connectivity index (χ0v) is 19.0. The van der Waals surface area contributed by atoms with Crippen molar-refractivity contribution in [2.45, 2.75) is 50.5 Å². The van der Waals surface area contributed by atoms with Crippen molar-refractivity contribution < 1.29 is 14.6 Å². The predicted octanol–water partition coefficient (Wildman–Crippen LogP) is 2.91. The van der Waals surface area contributed by atoms with E-state index in [1.807, 2.05) is 42.5 Å². The molecule has 0 saturated carbocycles. The molecule has 2 N–H and O–H groups in total. The molecule has 2 atom stereocenters. The van der Waals surface area contributed by atoms with Crippen molar-refractivity contribution in [2.24, 2.45) is 0 Å². The maximum atomic E-state index is 12.9. The molecule has 2 aromatic rings. The molecule has 0 unspecified atom stereocenters. The smallest absolute Gasteiger partial charge is 0.251 e. The van der Waals surface area contributed by atoms with Crippen molar-refractivity contribution in [3.05, 3.63) is 65.7 Å². The van der Waals surface area contributed by atoms with Gasteiger partial charge in [0.25, 0.3) is 5.91 Å². The van der Waals surface area contributed by atoms with Crippen molar-refractivity contribution in [1.82, 2.24) is 15.1 Å². The third kappa shape index (κ3) is 6.09. The van der Waals surface area contributed by atoms with Gasteiger partial charge in [0.1, 0.15) is 12.4 Å². The van der Waals surface area contributed by atoms with Gasteiger partial charge in [-0.3, -0.25) is 9.69 Å². The summed E-state index contributed by atoms with van der Waals surface area (Å²) < 4.78 is 5.82. The number of carbonyl (C=O) groups excluding carboxylic acids is 1. The number of ether oxygens (including phenoxy) is 1. The fraction of sp³-hybridized carbons (Fsp3) is 0.500. The second kappa shape index (κ2) is 10.9. The molecule has 2 aromatic carbocycles. The van der Waals surface area contributed by atoms with Crippen LogP contribution in [0.3, 0.4) is 0 Å². The first kappa shape index (κ1) is 22.8. The van der Waals surface area contributed by atoms with Crippen LogP contribution >= 0.6 is 0 Å². The molecule has 0 aliphatic carbocycles. The normalized spacial score (nSPS) is 23.4. The number of aliphatic hydroxyl groups is 1. The highest BCUT2D eigenvalue weighted by atomic mass is 16.5. The Bertz CT molecular complexity index is 850. The van der Waals surface area contributed by atoms with E-state index in [0.717, 1.165) is 56.6 Å². The fourth-order valence-electron chi connectivity index (χ4n) is 4.70. The van der Waals surface area contributed by atoms with E-state index < -0.39 is 6.10 Å². The lowest BCUT2D eigenvalue weighted by molar-refractivity contribution is 0.0723. The van der Waals surface area contributed by atoms with Crippen LogP contribution in [0.5, 0.6) is 5.75 Å². The average molecular weight is 438 g/mol. The van der Waals surface area contributed by atoms with Gasteiger partial charge in [-0.05, 0) is 82.2 Å². The van der Waals surface area contributed by atoms with E-state index in [9.17, 15) is 9.90 Å². The first-order chi connectivity index (χ1) is 15.6. The van der Waals surface area contributed by atoms with E-state index in [2.05, 4.69) is 22.2 Å². The van der Waals surface area contributed by atoms with Gasteiger partial charge >= 0.3 is 0 Å². The molecular weight excluding hydrogens is 402 g/mol. The molecule has 2 aliphatic rings. The maximum Gasteiger partial charge on any atom is 0.251 e. The molecule has 0 radical (unpaired) electrons. The van der Waals surface area contributed by atoms with Crippen LogP contribution in [0.1, 0.15) is 41.6 Å². The Kier molecular flexibility index (Phi) is 7.79. The Labute approximate surface area is 191 Å². The van der Waals surface area contributed by atoms with Gasteiger partial charge in [-0.2, -0.15) is 0 Å². The molecule has 2 fully saturated rings. The number of carbonyl (C=O) groups is 1. The molecule has 0 bridgehead atoms. The Morgan fingerprint density at radius 3 is 2.47 bits per heavy atom. The monoisotopic (exact) mass is 437 g/mol. The molecule has 6 nitrogen and oxygen atoms in total. The van der Waals surface area contributed by atoms with Gasteiger partial charge in [0.15, 0.2) is 0 Å². The maximum absolute atomic E-state index is 12.9. The summed E-state index contributed by atoms with van der Waals surface area (Å²) in [5.41, 5.74) is 1.69. The molecular formula is C26H35N3O3. The summed E-state index contributed by atoms with van der Waals surface area (Å²) in [5, 5.41) is 13.8. The minimum Gasteiger partial charge on any atom is -0.489 e. The topological polar surface area (TPSA) is 65.0 Å². The van der Waals surface area contributed by atoms with Crippen LogP contribution in [0.25, 0.3) is 0 Å². The summed E-state index contributed by atoms with van der Waals surface area (Å²) in [7, 11) is 2.17. The standard InChI is InChI=1S/C26H35N3O3/c1-28-16-13-22(14-17-28)29-15-5-8-25(30)24(18-29)27-26(31)21-9-11-23(12-10-21)32-19-20-6-3-2-4-7-20/h2-4,6-7,9-12,22,24-25,30H,5,8,13-19H2,1H3,(H,27,31)/t24-,25-/m1/s1. The van der Waals surface area contributed by atoms with Gasteiger partial charge in [-0.15, -0.1) is 0 Å². The minimum atomic E-state index is -0.510. The zero-order valence-electron chi connectivity index (χ0n) is 19.0. The summed E-state index contributed by atoms with van der Waals surface area (Å²) in [6, 6.07) is 17.5. The number of piperidine rings is 1. The summed E-state index contributed by atoms with van der Waals surface area (Å²) in [6.45, 7) is 4.41. The lowest BCUT2D eigenvalue weighted by Crippen LogP contribution is -2.52. The van der Waals surface area contributed by atoms with Crippen LogP contribution in [0.2, 0.25) is 0 Å². The molecule has 2 saturated heterocycles. The Morgan fingerprint density at radius 2 is 1.75 bits per heavy atom. The molecule has 1 amide bonds. The number of amides is 1. The Hall–Kier alpha value is -2.41. The lowest BCUT2D eigenvalue weighted by Gasteiger charge is -2.38. The first-order valence-corrected chi connectivity index (χ1v) is 11.8. The fourth-order valence-corrected chi connectivity index (χ4v) is 4.70. The molecule has 2 aliphatic heterocycles. The highest BCUT2D eigenvalue weighted by molar-refractivity contribution is 5.94. The van der Waals surface area contributed by atoms with Crippen LogP contribution < -0.4 is 10.1 Å². The molecule has 32 heavy (non-hydrogen) atoms. The number of hydrogen-bond donors (Lipinski definition) is 2. The summed E-state index contributed by atoms with van der Waals surface area (Å²) in [4.78, 5) is 17.8. The van der Waals surface area contributed by atoms with Gasteiger partial charge in [0.2, 0.25) is 0 Å². The number of hydrogen-bond acceptors (Lipinski definition) is 5. The number of rotatable bonds is 6. The van der Waals surface area contributed by atoms with Gasteiger partial charge in [-0.1, -0.05) is 30.3 Å². The lowest BCUT2D eigenvalue weighted by atomic mass is 10.0. The summed E-state index contributed by atoms with van der Waals surface area (Å²) in [6.07, 6.45) is 3.48. The Balaban J connectivity index is 1.33. The second-order valence-corrected chi connectivity index (χ2v) is 9.12. The SMILES string of the molecule is CN1CCC(N2CCC[C@@H](O)[C@H](NC(=O)c3ccc(OCc4ccccc4)cc3)C2)CC1. The number of aliphatic hydroxyl groups excluding tert-OH is 1. The largest absolute Gasteiger partial charge is 0.489 e. The van der Waals surface area contributed by atoms with Crippen LogP contribution in [-0.2, 0) is 6.61 Å². The molecule has 0 spiro atoms. The average Bonchev–Trinajstić information content (AvgIpc) is 3.00. The van der Waals surface area contributed by atoms with E-state index in [4.69, 9.17) is 4.74 Å². The molecule has 4 rings (SSSR count). The van der Waals surface area contributed by atoms with Crippen LogP contribution in [0.4, 0.5) is 0 Å². The van der Waals surface area contributed by atoms with Crippen molar-refractivity contribution in [3.8, 4) is 5.75 Å². The van der Waals surface area contributed by atoms with Crippen molar-refractivity contribution in [1.29, 1.82) is 0 Å². The molecule has 172 valence electrons. The third-order valence-electron chi connectivity index (χ3n) is 6.73. The van der Waals surface area contributed by atoms with Gasteiger partial charge < -0.3 is 20.1 Å². The van der Waals surface area contributed by atoms with Crippen molar-refractivity contribution >= 4 is 5.91 Å². The Morgan fingerprint density at radius 1 is 1.03 bits per heavy atom. The first-order valence-electron chi connectivity index (χ1n) is 11.8. The second-order valence-electron chi connectivity index (χ2n) is 9.12. The highest BCUT2D eigenvalue weighted by Crippen LogP contribution is 2.21. The van der Waals surface area contributed by atoms with Crippen LogP contribution in [0.15, 0.2) is 54.6 Å². The van der Waals surface area contributed by atoms with Gasteiger partial charge in [0.05, 0.1) is 12.1 Å². The number of benzene rings is 2. The zero-order chi connectivity index (χ0) is 22.3. The number of nitrogens with one attached hydrogen (secondary N) is 1. The van der Waals surface area contributed by atoms with Gasteiger partial charge in [-0.25, -0.2) is 0 Å². The van der Waals surface area contributed by atoms with E-state index in [1.54, 1.807) is 12.1 Å². The number of likely N-dealkylation sites (tertiary alicyclic amines) is 2. The van der Waals surface area contributed by atoms with Crippen molar-refractivity contribution in [2.75, 3.05) is 33.2 Å². The summed E-state index contributed by atoms with van der Waals surface area (Å²) >= 11 is 0. The van der Waals surface area contributed by atoms with Gasteiger partial charge in [0, 0.05) is 18.2 Å². The molecule has 6 heteroatoms. The third-order valence-corrected chi connectivity index (χ3v) is 6.73. The van der Waals surface area contributed by atoms with E-state index >= 15 is 0 Å². The van der Waals surface area contributed by atoms with Crippen LogP contribution in [0, 0.1) is 0 Å². The molecule has 2 heterocycles. The van der Waals surface area contributed by atoms with Crippen LogP contribution in [-0.4, -0.2) is 72.2 Å². The molecule has 0 aromatic heterocycles. The predicted molar refractivity (Wildman–Crippen MR) is 126 cm³/mol. The highest BCUT2D eigenvalue weighted by Gasteiger charge is 2.31. The van der Waals surface area contributed by atoms with E-state index in [-0.39, 0.29) is 11.9 Å². The van der Waals surface area contributed by atoms with Crippen molar-refractivity contribution in [3.63, 3.8) is 0 Å². The minimum absolute atomic E-state index is 0.145.